The Morgan fingerprint density at radius 1 is 1.37 bits per heavy atom. The van der Waals surface area contributed by atoms with Crippen LogP contribution in [0.1, 0.15) is 53.5 Å². The van der Waals surface area contributed by atoms with Crippen molar-refractivity contribution in [3.05, 3.63) is 45.4 Å². The average Bonchev–Trinajstić information content (AvgIpc) is 2.99. The summed E-state index contributed by atoms with van der Waals surface area (Å²) in [6.07, 6.45) is 3.55. The third-order valence-corrected chi connectivity index (χ3v) is 7.17. The zero-order valence-corrected chi connectivity index (χ0v) is 18.1. The van der Waals surface area contributed by atoms with Crippen LogP contribution in [-0.2, 0) is 13.1 Å². The lowest BCUT2D eigenvalue weighted by molar-refractivity contribution is 0.0691. The zero-order chi connectivity index (χ0) is 18.3. The van der Waals surface area contributed by atoms with E-state index in [0.29, 0.717) is 11.5 Å². The summed E-state index contributed by atoms with van der Waals surface area (Å²) in [5.41, 5.74) is 4.77. The van der Waals surface area contributed by atoms with Crippen molar-refractivity contribution >= 4 is 29.7 Å². The average molecular weight is 408 g/mol. The molecule has 2 aromatic heterocycles. The standard InChI is InChI=1S/C21H29N3OS.ClH/c1-4-23-15(2)11-18(16(23)3)20(25)24(13-17-5-10-26-14-17)19-12-21(19)6-8-22-9-7-21;/h5,10-11,14,19,22H,4,6-9,12-13H2,1-3H3;1H. The van der Waals surface area contributed by atoms with Crippen molar-refractivity contribution in [2.75, 3.05) is 13.1 Å². The number of aromatic nitrogens is 1. The van der Waals surface area contributed by atoms with Crippen LogP contribution in [0, 0.1) is 19.3 Å². The molecule has 2 aliphatic rings. The molecule has 1 atom stereocenters. The number of thiophene rings is 1. The van der Waals surface area contributed by atoms with Crippen LogP contribution in [0.2, 0.25) is 0 Å². The van der Waals surface area contributed by atoms with Crippen molar-refractivity contribution in [3.63, 3.8) is 0 Å². The highest BCUT2D eigenvalue weighted by molar-refractivity contribution is 7.07. The molecule has 1 unspecified atom stereocenters. The summed E-state index contributed by atoms with van der Waals surface area (Å²) in [5.74, 6) is 0.212. The maximum absolute atomic E-state index is 13.6. The Bertz CT molecular complexity index is 793. The maximum atomic E-state index is 13.6. The van der Waals surface area contributed by atoms with Crippen LogP contribution in [0.4, 0.5) is 0 Å². The first kappa shape index (κ1) is 20.4. The van der Waals surface area contributed by atoms with Gasteiger partial charge in [0, 0.05) is 30.5 Å². The lowest BCUT2D eigenvalue weighted by atomic mass is 9.93. The van der Waals surface area contributed by atoms with E-state index in [1.807, 2.05) is 0 Å². The van der Waals surface area contributed by atoms with Gasteiger partial charge in [-0.05, 0) is 87.0 Å². The van der Waals surface area contributed by atoms with Crippen molar-refractivity contribution in [2.24, 2.45) is 5.41 Å². The highest BCUT2D eigenvalue weighted by atomic mass is 35.5. The second-order valence-corrected chi connectivity index (χ2v) is 8.71. The van der Waals surface area contributed by atoms with Gasteiger partial charge in [-0.15, -0.1) is 12.4 Å². The number of halogens is 1. The van der Waals surface area contributed by atoms with Crippen LogP contribution in [0.25, 0.3) is 0 Å². The first-order valence-electron chi connectivity index (χ1n) is 9.75. The van der Waals surface area contributed by atoms with Crippen molar-refractivity contribution in [1.82, 2.24) is 14.8 Å². The number of hydrogen-bond acceptors (Lipinski definition) is 3. The van der Waals surface area contributed by atoms with Gasteiger partial charge in [0.1, 0.15) is 0 Å². The molecule has 4 nitrogen and oxygen atoms in total. The molecule has 0 aromatic carbocycles. The van der Waals surface area contributed by atoms with Gasteiger partial charge in [0.2, 0.25) is 0 Å². The maximum Gasteiger partial charge on any atom is 0.256 e. The fourth-order valence-electron chi connectivity index (χ4n) is 4.79. The SMILES string of the molecule is CCn1c(C)cc(C(=O)N(Cc2ccsc2)C2CC23CCNCC3)c1C.Cl. The van der Waals surface area contributed by atoms with E-state index >= 15 is 0 Å². The molecular weight excluding hydrogens is 378 g/mol. The topological polar surface area (TPSA) is 37.3 Å². The van der Waals surface area contributed by atoms with Gasteiger partial charge in [0.05, 0.1) is 5.56 Å². The number of rotatable bonds is 5. The second kappa shape index (κ2) is 7.98. The molecule has 1 N–H and O–H groups in total. The van der Waals surface area contributed by atoms with Crippen LogP contribution in [-0.4, -0.2) is 34.5 Å². The minimum atomic E-state index is 0. The summed E-state index contributed by atoms with van der Waals surface area (Å²) in [4.78, 5) is 15.8. The number of nitrogens with zero attached hydrogens (tertiary/aromatic N) is 2. The number of carbonyl (C=O) groups is 1. The first-order valence-corrected chi connectivity index (χ1v) is 10.7. The first-order chi connectivity index (χ1) is 12.6. The van der Waals surface area contributed by atoms with Crippen molar-refractivity contribution in [2.45, 2.75) is 59.2 Å². The molecule has 4 rings (SSSR count). The number of nitrogens with one attached hydrogen (secondary N) is 1. The molecule has 27 heavy (non-hydrogen) atoms. The van der Waals surface area contributed by atoms with Crippen molar-refractivity contribution < 1.29 is 4.79 Å². The lowest BCUT2D eigenvalue weighted by Gasteiger charge is -2.29. The molecule has 1 aliphatic carbocycles. The van der Waals surface area contributed by atoms with E-state index in [-0.39, 0.29) is 18.3 Å². The van der Waals surface area contributed by atoms with Gasteiger partial charge in [-0.25, -0.2) is 0 Å². The molecule has 1 spiro atoms. The highest BCUT2D eigenvalue weighted by Gasteiger charge is 2.57. The van der Waals surface area contributed by atoms with E-state index in [1.54, 1.807) is 11.3 Å². The van der Waals surface area contributed by atoms with Gasteiger partial charge in [0.15, 0.2) is 0 Å². The van der Waals surface area contributed by atoms with Crippen LogP contribution in [0.3, 0.4) is 0 Å². The van der Waals surface area contributed by atoms with E-state index < -0.39 is 0 Å². The monoisotopic (exact) mass is 407 g/mol. The summed E-state index contributed by atoms with van der Waals surface area (Å²) in [6, 6.07) is 4.62. The fraction of sp³-hybridized carbons (Fsp3) is 0.571. The molecule has 3 heterocycles. The molecule has 1 saturated carbocycles. The van der Waals surface area contributed by atoms with E-state index in [0.717, 1.165) is 43.9 Å². The van der Waals surface area contributed by atoms with Crippen molar-refractivity contribution in [1.29, 1.82) is 0 Å². The summed E-state index contributed by atoms with van der Waals surface area (Å²) in [6.45, 7) is 10.1. The predicted molar refractivity (Wildman–Crippen MR) is 114 cm³/mol. The van der Waals surface area contributed by atoms with E-state index in [4.69, 9.17) is 0 Å². The molecule has 1 saturated heterocycles. The van der Waals surface area contributed by atoms with Crippen LogP contribution in [0.5, 0.6) is 0 Å². The number of aryl methyl sites for hydroxylation is 1. The van der Waals surface area contributed by atoms with Crippen LogP contribution >= 0.6 is 23.7 Å². The Labute approximate surface area is 172 Å². The lowest BCUT2D eigenvalue weighted by Crippen LogP contribution is -2.39. The Hall–Kier alpha value is -1.30. The van der Waals surface area contributed by atoms with E-state index in [2.05, 4.69) is 58.4 Å². The van der Waals surface area contributed by atoms with Crippen LogP contribution in [0.15, 0.2) is 22.9 Å². The minimum Gasteiger partial charge on any atom is -0.349 e. The van der Waals surface area contributed by atoms with Crippen molar-refractivity contribution in [3.8, 4) is 0 Å². The molecule has 1 amide bonds. The third-order valence-electron chi connectivity index (χ3n) is 6.44. The molecule has 2 aromatic rings. The molecule has 1 aliphatic heterocycles. The van der Waals surface area contributed by atoms with Gasteiger partial charge in [-0.2, -0.15) is 11.3 Å². The van der Waals surface area contributed by atoms with Gasteiger partial charge >= 0.3 is 0 Å². The summed E-state index contributed by atoms with van der Waals surface area (Å²) < 4.78 is 2.24. The Kier molecular flexibility index (Phi) is 6.04. The Balaban J connectivity index is 0.00000210. The molecule has 6 heteroatoms. The molecule has 148 valence electrons. The largest absolute Gasteiger partial charge is 0.349 e. The molecule has 2 fully saturated rings. The smallest absolute Gasteiger partial charge is 0.256 e. The number of amides is 1. The van der Waals surface area contributed by atoms with Gasteiger partial charge in [-0.3, -0.25) is 4.79 Å². The number of hydrogen-bond donors (Lipinski definition) is 1. The van der Waals surface area contributed by atoms with E-state index in [1.165, 1.54) is 24.1 Å². The quantitative estimate of drug-likeness (QED) is 0.797. The normalized spacial score (nSPS) is 20.3. The number of carbonyl (C=O) groups excluding carboxylic acids is 1. The highest BCUT2D eigenvalue weighted by Crippen LogP contribution is 2.56. The zero-order valence-electron chi connectivity index (χ0n) is 16.5. The van der Waals surface area contributed by atoms with Gasteiger partial charge in [-0.1, -0.05) is 0 Å². The minimum absolute atomic E-state index is 0. The molecular formula is C21H30ClN3OS. The van der Waals surface area contributed by atoms with Gasteiger partial charge in [0.25, 0.3) is 5.91 Å². The fourth-order valence-corrected chi connectivity index (χ4v) is 5.45. The predicted octanol–water partition coefficient (Wildman–Crippen LogP) is 4.39. The Morgan fingerprint density at radius 2 is 2.11 bits per heavy atom. The molecule has 0 bridgehead atoms. The summed E-state index contributed by atoms with van der Waals surface area (Å²) >= 11 is 1.71. The third kappa shape index (κ3) is 3.69. The summed E-state index contributed by atoms with van der Waals surface area (Å²) in [7, 11) is 0. The van der Waals surface area contributed by atoms with E-state index in [9.17, 15) is 4.79 Å². The van der Waals surface area contributed by atoms with Crippen LogP contribution < -0.4 is 5.32 Å². The summed E-state index contributed by atoms with van der Waals surface area (Å²) in [5, 5.41) is 7.75. The Morgan fingerprint density at radius 3 is 2.70 bits per heavy atom. The van der Waals surface area contributed by atoms with Gasteiger partial charge < -0.3 is 14.8 Å². The number of piperidine rings is 1. The molecule has 0 radical (unpaired) electrons. The second-order valence-electron chi connectivity index (χ2n) is 7.93.